The molecular formula is C25H28N6OS. The summed E-state index contributed by atoms with van der Waals surface area (Å²) in [7, 11) is 0. The van der Waals surface area contributed by atoms with Gasteiger partial charge in [-0.1, -0.05) is 24.7 Å². The lowest BCUT2D eigenvalue weighted by Crippen LogP contribution is -2.39. The molecule has 0 bridgehead atoms. The predicted octanol–water partition coefficient (Wildman–Crippen LogP) is 5.18. The Morgan fingerprint density at radius 3 is 2.55 bits per heavy atom. The Labute approximate surface area is 197 Å². The van der Waals surface area contributed by atoms with Crippen LogP contribution in [0.3, 0.4) is 0 Å². The van der Waals surface area contributed by atoms with Crippen molar-refractivity contribution in [3.05, 3.63) is 54.6 Å². The van der Waals surface area contributed by atoms with E-state index in [-0.39, 0.29) is 6.10 Å². The highest BCUT2D eigenvalue weighted by atomic mass is 32.1. The van der Waals surface area contributed by atoms with Gasteiger partial charge in [0.15, 0.2) is 0 Å². The number of thiazole rings is 1. The lowest BCUT2D eigenvalue weighted by atomic mass is 9.92. The molecule has 4 aromatic rings. The molecule has 170 valence electrons. The minimum Gasteiger partial charge on any atom is -0.467 e. The molecule has 1 saturated heterocycles. The van der Waals surface area contributed by atoms with Gasteiger partial charge in [-0.2, -0.15) is 0 Å². The summed E-state index contributed by atoms with van der Waals surface area (Å²) in [5.74, 6) is 1.32. The van der Waals surface area contributed by atoms with E-state index in [1.807, 2.05) is 36.7 Å². The molecule has 0 spiro atoms. The van der Waals surface area contributed by atoms with Gasteiger partial charge >= 0.3 is 0 Å². The van der Waals surface area contributed by atoms with Gasteiger partial charge in [0.25, 0.3) is 5.19 Å². The highest BCUT2D eigenvalue weighted by Gasteiger charge is 2.27. The fourth-order valence-corrected chi connectivity index (χ4v) is 5.16. The van der Waals surface area contributed by atoms with Gasteiger partial charge < -0.3 is 9.64 Å². The molecule has 0 amide bonds. The van der Waals surface area contributed by atoms with Crippen molar-refractivity contribution in [3.8, 4) is 16.5 Å². The van der Waals surface area contributed by atoms with Crippen LogP contribution in [0.1, 0.15) is 38.7 Å². The zero-order valence-corrected chi connectivity index (χ0v) is 19.8. The van der Waals surface area contributed by atoms with Crippen molar-refractivity contribution in [2.24, 2.45) is 5.92 Å². The maximum atomic E-state index is 6.28. The molecule has 1 atom stereocenters. The van der Waals surface area contributed by atoms with E-state index in [2.05, 4.69) is 38.7 Å². The minimum atomic E-state index is 0.0974. The fourth-order valence-electron chi connectivity index (χ4n) is 4.28. The summed E-state index contributed by atoms with van der Waals surface area (Å²) in [6, 6.07) is 7.94. The Morgan fingerprint density at radius 1 is 1.06 bits per heavy atom. The van der Waals surface area contributed by atoms with Crippen LogP contribution in [-0.2, 0) is 6.42 Å². The van der Waals surface area contributed by atoms with Gasteiger partial charge in [-0.3, -0.25) is 4.98 Å². The van der Waals surface area contributed by atoms with E-state index < -0.39 is 0 Å². The number of fused-ring (bicyclic) bond motifs is 1. The summed E-state index contributed by atoms with van der Waals surface area (Å²) in [4.78, 5) is 25.8. The first-order chi connectivity index (χ1) is 16.2. The van der Waals surface area contributed by atoms with Crippen molar-refractivity contribution in [1.82, 2.24) is 24.9 Å². The third-order valence-electron chi connectivity index (χ3n) is 6.22. The standard InChI is InChI=1S/C25H28N6OS/c1-3-4-18-15-27-24(28-16-18)31-13-9-19(10-14-31)17(2)32-25-30-22-6-5-21(29-23(22)33-25)20-7-11-26-12-8-20/h5-8,11-12,15-17,19H,3-4,9-10,13-14H2,1-2H3. The smallest absolute Gasteiger partial charge is 0.276 e. The van der Waals surface area contributed by atoms with E-state index in [0.29, 0.717) is 11.1 Å². The van der Waals surface area contributed by atoms with Gasteiger partial charge in [-0.15, -0.1) is 0 Å². The van der Waals surface area contributed by atoms with E-state index in [0.717, 1.165) is 66.3 Å². The van der Waals surface area contributed by atoms with Crippen LogP contribution in [-0.4, -0.2) is 44.1 Å². The second-order valence-electron chi connectivity index (χ2n) is 8.53. The summed E-state index contributed by atoms with van der Waals surface area (Å²) in [5.41, 5.74) is 4.05. The molecule has 1 fully saturated rings. The van der Waals surface area contributed by atoms with Gasteiger partial charge in [0.1, 0.15) is 16.5 Å². The molecule has 4 aromatic heterocycles. The Bertz CT molecular complexity index is 1190. The van der Waals surface area contributed by atoms with Gasteiger partial charge in [-0.05, 0) is 61.9 Å². The van der Waals surface area contributed by atoms with Crippen LogP contribution in [0.4, 0.5) is 5.95 Å². The Kier molecular flexibility index (Phi) is 6.44. The molecule has 0 aromatic carbocycles. The van der Waals surface area contributed by atoms with E-state index in [9.17, 15) is 0 Å². The zero-order valence-electron chi connectivity index (χ0n) is 19.0. The zero-order chi connectivity index (χ0) is 22.6. The van der Waals surface area contributed by atoms with Crippen molar-refractivity contribution in [3.63, 3.8) is 0 Å². The lowest BCUT2D eigenvalue weighted by Gasteiger charge is -2.34. The van der Waals surface area contributed by atoms with Crippen molar-refractivity contribution < 1.29 is 4.74 Å². The summed E-state index contributed by atoms with van der Waals surface area (Å²) < 4.78 is 6.28. The van der Waals surface area contributed by atoms with E-state index in [1.165, 1.54) is 16.9 Å². The van der Waals surface area contributed by atoms with Crippen LogP contribution < -0.4 is 9.64 Å². The van der Waals surface area contributed by atoms with Crippen LogP contribution in [0.25, 0.3) is 21.6 Å². The summed E-state index contributed by atoms with van der Waals surface area (Å²) >= 11 is 1.51. The Balaban J connectivity index is 1.20. The topological polar surface area (TPSA) is 76.9 Å². The van der Waals surface area contributed by atoms with Crippen molar-refractivity contribution >= 4 is 27.6 Å². The third kappa shape index (κ3) is 4.95. The average Bonchev–Trinajstić information content (AvgIpc) is 3.27. The number of hydrogen-bond donors (Lipinski definition) is 0. The number of piperidine rings is 1. The highest BCUT2D eigenvalue weighted by Crippen LogP contribution is 2.32. The maximum absolute atomic E-state index is 6.28. The molecule has 0 saturated carbocycles. The van der Waals surface area contributed by atoms with Crippen molar-refractivity contribution in [2.45, 2.75) is 45.6 Å². The number of ether oxygens (including phenoxy) is 1. The SMILES string of the molecule is CCCc1cnc(N2CCC(C(C)Oc3nc4ccc(-c5ccncc5)nc4s3)CC2)nc1. The van der Waals surface area contributed by atoms with Crippen LogP contribution in [0.15, 0.2) is 49.1 Å². The van der Waals surface area contributed by atoms with Gasteiger partial charge in [-0.25, -0.2) is 19.9 Å². The second kappa shape index (κ2) is 9.79. The summed E-state index contributed by atoms with van der Waals surface area (Å²) in [6.45, 7) is 6.22. The molecule has 7 nitrogen and oxygen atoms in total. The van der Waals surface area contributed by atoms with Crippen molar-refractivity contribution in [1.29, 1.82) is 0 Å². The molecule has 1 aliphatic heterocycles. The fraction of sp³-hybridized carbons (Fsp3) is 0.400. The van der Waals surface area contributed by atoms with Gasteiger partial charge in [0, 0.05) is 43.4 Å². The molecule has 5 heterocycles. The average molecular weight is 461 g/mol. The van der Waals surface area contributed by atoms with E-state index >= 15 is 0 Å². The van der Waals surface area contributed by atoms with Crippen LogP contribution in [0, 0.1) is 5.92 Å². The minimum absolute atomic E-state index is 0.0974. The Morgan fingerprint density at radius 2 is 1.82 bits per heavy atom. The molecule has 0 radical (unpaired) electrons. The molecular weight excluding hydrogens is 432 g/mol. The van der Waals surface area contributed by atoms with Crippen LogP contribution in [0.2, 0.25) is 0 Å². The maximum Gasteiger partial charge on any atom is 0.276 e. The van der Waals surface area contributed by atoms with Gasteiger partial charge in [0.05, 0.1) is 5.69 Å². The quantitative estimate of drug-likeness (QED) is 0.376. The van der Waals surface area contributed by atoms with Gasteiger partial charge in [0.2, 0.25) is 5.95 Å². The number of nitrogens with zero attached hydrogens (tertiary/aromatic N) is 6. The first-order valence-corrected chi connectivity index (χ1v) is 12.4. The molecule has 1 unspecified atom stereocenters. The molecule has 0 aliphatic carbocycles. The number of pyridine rings is 2. The third-order valence-corrected chi connectivity index (χ3v) is 7.07. The first-order valence-electron chi connectivity index (χ1n) is 11.6. The first kappa shape index (κ1) is 21.7. The number of hydrogen-bond acceptors (Lipinski definition) is 8. The number of anilines is 1. The molecule has 5 rings (SSSR count). The normalized spacial score (nSPS) is 15.6. The molecule has 1 aliphatic rings. The van der Waals surface area contributed by atoms with E-state index in [4.69, 9.17) is 9.72 Å². The summed E-state index contributed by atoms with van der Waals surface area (Å²) in [6.07, 6.45) is 11.8. The Hall–Kier alpha value is -3.13. The molecule has 8 heteroatoms. The largest absolute Gasteiger partial charge is 0.467 e. The van der Waals surface area contributed by atoms with Crippen molar-refractivity contribution in [2.75, 3.05) is 18.0 Å². The number of aromatic nitrogens is 5. The predicted molar refractivity (Wildman–Crippen MR) is 132 cm³/mol. The number of rotatable bonds is 7. The number of aryl methyl sites for hydroxylation is 1. The lowest BCUT2D eigenvalue weighted by molar-refractivity contribution is 0.132. The monoisotopic (exact) mass is 460 g/mol. The highest BCUT2D eigenvalue weighted by molar-refractivity contribution is 7.19. The second-order valence-corrected chi connectivity index (χ2v) is 9.47. The van der Waals surface area contributed by atoms with Crippen LogP contribution >= 0.6 is 11.3 Å². The molecule has 33 heavy (non-hydrogen) atoms. The molecule has 0 N–H and O–H groups in total. The van der Waals surface area contributed by atoms with Crippen LogP contribution in [0.5, 0.6) is 5.19 Å². The summed E-state index contributed by atoms with van der Waals surface area (Å²) in [5, 5.41) is 0.689. The van der Waals surface area contributed by atoms with E-state index in [1.54, 1.807) is 12.4 Å².